The molecule has 0 nitrogen and oxygen atoms in total. The summed E-state index contributed by atoms with van der Waals surface area (Å²) in [6.45, 7) is 3.66. The van der Waals surface area contributed by atoms with Crippen LogP contribution in [0, 0.1) is 20.4 Å². The molecule has 0 spiro atoms. The molecule has 0 amide bonds. The smallest absolute Gasteiger partial charge is 0 e. The fraction of sp³-hybridized carbons (Fsp3) is 0. The molecule has 0 fully saturated rings. The summed E-state index contributed by atoms with van der Waals surface area (Å²) in [5.74, 6) is 0. The van der Waals surface area contributed by atoms with Crippen molar-refractivity contribution in [2.45, 2.75) is 0 Å². The van der Waals surface area contributed by atoms with Crippen LogP contribution in [0.4, 0.5) is 0 Å². The van der Waals surface area contributed by atoms with Crippen LogP contribution >= 0.6 is 0 Å². The second kappa shape index (κ2) is 9.88. The second-order valence-corrected chi connectivity index (χ2v) is 1.39. The van der Waals surface area contributed by atoms with Crippen LogP contribution in [0.1, 0.15) is 5.56 Å². The van der Waals surface area contributed by atoms with Gasteiger partial charge in [-0.2, -0.15) is 12.1 Å². The molecule has 0 bridgehead atoms. The maximum Gasteiger partial charge on any atom is 0 e. The van der Waals surface area contributed by atoms with Gasteiger partial charge in [0.05, 0.1) is 0 Å². The van der Waals surface area contributed by atoms with E-state index >= 15 is 0 Å². The van der Waals surface area contributed by atoms with Crippen molar-refractivity contribution < 1.29 is 53.8 Å². The Kier molecular flexibility index (Phi) is 16.9. The molecule has 0 saturated carbocycles. The normalized spacial score (nSPS) is 6.00. The van der Waals surface area contributed by atoms with E-state index < -0.39 is 0 Å². The monoisotopic (exact) mass is 378 g/mol. The predicted octanol–water partition coefficient (Wildman–Crippen LogP) is 2.11. The quantitative estimate of drug-likeness (QED) is 0.607. The van der Waals surface area contributed by atoms with E-state index in [9.17, 15) is 0 Å². The van der Waals surface area contributed by atoms with E-state index in [-0.39, 0.29) is 61.2 Å². The van der Waals surface area contributed by atoms with Crippen LogP contribution in [0.5, 0.6) is 0 Å². The Morgan fingerprint density at radius 1 is 1.30 bits per heavy atom. The van der Waals surface area contributed by atoms with E-state index in [1.807, 2.05) is 24.3 Å². The van der Waals surface area contributed by atoms with Crippen LogP contribution in [0.25, 0.3) is 0 Å². The number of hydrogen-bond acceptors (Lipinski definition) is 0. The van der Waals surface area contributed by atoms with Crippen LogP contribution in [0.2, 0.25) is 0 Å². The van der Waals surface area contributed by atoms with E-state index in [2.05, 4.69) is 13.0 Å². The van der Waals surface area contributed by atoms with Crippen LogP contribution < -0.4 is 0 Å². The topological polar surface area (TPSA) is 0 Å². The average molecular weight is 378 g/mol. The predicted molar refractivity (Wildman–Crippen MR) is 36.2 cm³/mol. The molecule has 1 radical (unpaired) electrons. The Bertz CT molecular complexity index is 139. The molecule has 0 saturated heterocycles. The molecular formula is C8H9WY-3. The minimum absolute atomic E-state index is 0. The minimum atomic E-state index is 0. The van der Waals surface area contributed by atoms with E-state index in [4.69, 9.17) is 0 Å². The molecule has 53 valence electrons. The fourth-order valence-corrected chi connectivity index (χ4v) is 0.431. The summed E-state index contributed by atoms with van der Waals surface area (Å²) in [5.41, 5.74) is 0.947. The van der Waals surface area contributed by atoms with Gasteiger partial charge in [0, 0.05) is 53.8 Å². The molecule has 0 N–H and O–H groups in total. The Morgan fingerprint density at radius 3 is 2.10 bits per heavy atom. The standard InChI is InChI=1S/C7H6.CH3.W.Y/c1-7-5-3-2-4-6-7;;;/h2-5H,1H2;1H3;;/q-2;-1;;. The van der Waals surface area contributed by atoms with Gasteiger partial charge in [0.25, 0.3) is 0 Å². The van der Waals surface area contributed by atoms with Crippen molar-refractivity contribution in [1.29, 1.82) is 0 Å². The van der Waals surface area contributed by atoms with Gasteiger partial charge in [-0.25, -0.2) is 0 Å². The first-order valence-corrected chi connectivity index (χ1v) is 2.18. The van der Waals surface area contributed by atoms with Crippen molar-refractivity contribution in [2.24, 2.45) is 0 Å². The average Bonchev–Trinajstić information content (AvgIpc) is 1.69. The summed E-state index contributed by atoms with van der Waals surface area (Å²) in [5, 5.41) is 0. The molecule has 2 heteroatoms. The fourth-order valence-electron chi connectivity index (χ4n) is 0.431. The van der Waals surface area contributed by atoms with Gasteiger partial charge < -0.3 is 26.0 Å². The van der Waals surface area contributed by atoms with Crippen molar-refractivity contribution in [3.8, 4) is 0 Å². The Labute approximate surface area is 103 Å². The van der Waals surface area contributed by atoms with Crippen molar-refractivity contribution in [3.63, 3.8) is 0 Å². The van der Waals surface area contributed by atoms with Crippen LogP contribution in [0.3, 0.4) is 0 Å². The van der Waals surface area contributed by atoms with Gasteiger partial charge in [0.1, 0.15) is 0 Å². The molecule has 0 unspecified atom stereocenters. The van der Waals surface area contributed by atoms with Crippen LogP contribution in [-0.2, 0) is 53.8 Å². The Balaban J connectivity index is -0.000000163. The van der Waals surface area contributed by atoms with E-state index in [0.717, 1.165) is 5.56 Å². The maximum absolute atomic E-state index is 3.66. The Hall–Kier alpha value is 0.882. The van der Waals surface area contributed by atoms with Gasteiger partial charge in [-0.3, -0.25) is 6.07 Å². The largest absolute Gasteiger partial charge is 0.374 e. The van der Waals surface area contributed by atoms with Crippen molar-refractivity contribution in [2.75, 3.05) is 0 Å². The molecular weight excluding hydrogens is 369 g/mol. The molecule has 0 aromatic heterocycles. The van der Waals surface area contributed by atoms with Crippen molar-refractivity contribution in [1.82, 2.24) is 0 Å². The summed E-state index contributed by atoms with van der Waals surface area (Å²) < 4.78 is 0. The molecule has 0 heterocycles. The second-order valence-electron chi connectivity index (χ2n) is 1.39. The van der Waals surface area contributed by atoms with Crippen LogP contribution in [0.15, 0.2) is 24.3 Å². The first kappa shape index (κ1) is 17.1. The first-order chi connectivity index (χ1) is 3.39. The number of rotatable bonds is 0. The molecule has 0 aliphatic heterocycles. The van der Waals surface area contributed by atoms with Crippen molar-refractivity contribution in [3.05, 3.63) is 50.2 Å². The van der Waals surface area contributed by atoms with E-state index in [0.29, 0.717) is 0 Å². The maximum atomic E-state index is 3.66. The number of hydrogen-bond donors (Lipinski definition) is 0. The zero-order valence-electron chi connectivity index (χ0n) is 6.00. The van der Waals surface area contributed by atoms with Gasteiger partial charge in [-0.1, -0.05) is 0 Å². The summed E-state index contributed by atoms with van der Waals surface area (Å²) in [4.78, 5) is 0. The third kappa shape index (κ3) is 6.99. The third-order valence-electron chi connectivity index (χ3n) is 0.773. The summed E-state index contributed by atoms with van der Waals surface area (Å²) >= 11 is 0. The van der Waals surface area contributed by atoms with Gasteiger partial charge in [0.15, 0.2) is 0 Å². The van der Waals surface area contributed by atoms with Gasteiger partial charge in [-0.15, -0.1) is 6.07 Å². The van der Waals surface area contributed by atoms with E-state index in [1.54, 1.807) is 0 Å². The first-order valence-electron chi connectivity index (χ1n) is 2.18. The molecule has 1 aromatic rings. The summed E-state index contributed by atoms with van der Waals surface area (Å²) in [6, 6.07) is 10.6. The molecule has 1 aromatic carbocycles. The Morgan fingerprint density at radius 2 is 1.90 bits per heavy atom. The van der Waals surface area contributed by atoms with Gasteiger partial charge in [0.2, 0.25) is 0 Å². The summed E-state index contributed by atoms with van der Waals surface area (Å²) in [7, 11) is 0. The van der Waals surface area contributed by atoms with Gasteiger partial charge in [-0.05, 0) is 0 Å². The SMILES string of the molecule is [CH2-]c1[c-]cccc1.[CH3-].[W].[Y]. The molecule has 0 aliphatic carbocycles. The third-order valence-corrected chi connectivity index (χ3v) is 0.773. The number of benzene rings is 1. The van der Waals surface area contributed by atoms with Gasteiger partial charge >= 0.3 is 0 Å². The molecule has 0 aliphatic rings. The molecule has 0 atom stereocenters. The van der Waals surface area contributed by atoms with Crippen LogP contribution in [-0.4, -0.2) is 0 Å². The van der Waals surface area contributed by atoms with E-state index in [1.165, 1.54) is 0 Å². The molecule has 1 rings (SSSR count). The zero-order valence-corrected chi connectivity index (χ0v) is 11.8. The minimum Gasteiger partial charge on any atom is -0.374 e. The zero-order chi connectivity index (χ0) is 5.11. The van der Waals surface area contributed by atoms with Crippen molar-refractivity contribution >= 4 is 0 Å². The molecule has 10 heavy (non-hydrogen) atoms. The summed E-state index contributed by atoms with van der Waals surface area (Å²) in [6.07, 6.45) is 0.